The van der Waals surface area contributed by atoms with E-state index < -0.39 is 75.9 Å². The Morgan fingerprint density at radius 3 is 2.23 bits per heavy atom. The number of likely N-dealkylation sites (tertiary alicyclic amines) is 1. The highest BCUT2D eigenvalue weighted by Crippen LogP contribution is 2.40. The number of thiocarbonyl (C=S) groups is 1. The molecule has 6 rings (SSSR count). The normalized spacial score (nSPS) is 17.4. The number of benzene rings is 3. The van der Waals surface area contributed by atoms with Crippen LogP contribution in [-0.2, 0) is 46.1 Å². The van der Waals surface area contributed by atoms with Crippen LogP contribution in [0.1, 0.15) is 63.4 Å². The Morgan fingerprint density at radius 2 is 1.62 bits per heavy atom. The lowest BCUT2D eigenvalue weighted by Crippen LogP contribution is -2.58. The molecule has 0 unspecified atom stereocenters. The lowest BCUT2D eigenvalue weighted by molar-refractivity contribution is -0.144. The minimum absolute atomic E-state index is 0.0388. The SMILES string of the molecule is Cc1ncsc1-c1ccc(CNC(=O)[C@@H]2C[C@@H](O)CN2C(=O)[C@@H](NC(=O)COCCOCCOCCOc2ccc(N3C(=S)N(c4ccc(C#N)c(C(F)(F)F)c4)C(=O)C3(C)C)cc2F)C(C)(C)C)cc1. The molecule has 2 aliphatic rings. The highest BCUT2D eigenvalue weighted by molar-refractivity contribution is 7.81. The summed E-state index contributed by atoms with van der Waals surface area (Å²) in [6.07, 6.45) is -5.72. The van der Waals surface area contributed by atoms with E-state index in [1.807, 2.05) is 31.2 Å². The van der Waals surface area contributed by atoms with Gasteiger partial charge in [0.25, 0.3) is 5.91 Å². The summed E-state index contributed by atoms with van der Waals surface area (Å²) in [4.78, 5) is 62.7. The molecular formula is C49H55F4N7O9S2. The Bertz CT molecular complexity index is 2640. The maximum Gasteiger partial charge on any atom is 0.417 e. The second-order valence-electron chi connectivity index (χ2n) is 18.3. The van der Waals surface area contributed by atoms with Crippen molar-refractivity contribution in [3.8, 4) is 22.3 Å². The van der Waals surface area contributed by atoms with Crippen LogP contribution in [0.25, 0.3) is 10.4 Å². The maximum absolute atomic E-state index is 15.3. The van der Waals surface area contributed by atoms with Crippen LogP contribution in [0.15, 0.2) is 66.2 Å². The molecule has 4 aromatic rings. The van der Waals surface area contributed by atoms with Crippen LogP contribution in [0.5, 0.6) is 5.75 Å². The van der Waals surface area contributed by atoms with Gasteiger partial charge in [-0.05, 0) is 79.9 Å². The number of aliphatic hydroxyl groups excluding tert-OH is 1. The first-order chi connectivity index (χ1) is 33.5. The number of aliphatic hydroxyl groups is 1. The summed E-state index contributed by atoms with van der Waals surface area (Å²) in [5.41, 5.74) is 0.555. The number of thiazole rings is 1. The predicted molar refractivity (Wildman–Crippen MR) is 259 cm³/mol. The number of nitrogens with one attached hydrogen (secondary N) is 2. The van der Waals surface area contributed by atoms with Gasteiger partial charge in [0.2, 0.25) is 17.7 Å². The second kappa shape index (κ2) is 23.0. The Morgan fingerprint density at radius 1 is 0.972 bits per heavy atom. The lowest BCUT2D eigenvalue weighted by atomic mass is 9.85. The zero-order chi connectivity index (χ0) is 51.8. The molecule has 2 saturated heterocycles. The molecule has 0 saturated carbocycles. The molecular weight excluding hydrogens is 971 g/mol. The van der Waals surface area contributed by atoms with E-state index in [2.05, 4.69) is 15.6 Å². The number of nitrogens with zero attached hydrogens (tertiary/aromatic N) is 5. The van der Waals surface area contributed by atoms with Crippen LogP contribution < -0.4 is 25.2 Å². The van der Waals surface area contributed by atoms with Crippen molar-refractivity contribution in [2.24, 2.45) is 5.41 Å². The number of alkyl halides is 3. The molecule has 4 amide bonds. The van der Waals surface area contributed by atoms with Gasteiger partial charge in [-0.1, -0.05) is 45.0 Å². The largest absolute Gasteiger partial charge is 0.488 e. The molecule has 71 heavy (non-hydrogen) atoms. The van der Waals surface area contributed by atoms with Gasteiger partial charge in [-0.2, -0.15) is 18.4 Å². The van der Waals surface area contributed by atoms with E-state index in [1.165, 1.54) is 47.9 Å². The summed E-state index contributed by atoms with van der Waals surface area (Å²) in [6, 6.07) is 14.0. The number of aryl methyl sites for hydroxylation is 1. The highest BCUT2D eigenvalue weighted by Gasteiger charge is 2.51. The number of halogens is 4. The Hall–Kier alpha value is -6.09. The van der Waals surface area contributed by atoms with Crippen molar-refractivity contribution < 1.29 is 60.8 Å². The third-order valence-corrected chi connectivity index (χ3v) is 13.0. The van der Waals surface area contributed by atoms with Crippen molar-refractivity contribution in [2.75, 3.05) is 62.6 Å². The van der Waals surface area contributed by atoms with Gasteiger partial charge in [-0.15, -0.1) is 11.3 Å². The standard InChI is InChI=1S/C49H55F4N7O9S2/c1-29-41(71-28-56-29)31-9-7-30(8-10-31)25-55-43(63)38-23-35(61)26-58(38)44(64)42(47(2,3)4)57-40(62)27-68-18-17-66-15-16-67-19-20-69-39-14-13-34(22-37(39)50)60-46(70)59(45(65)48(60,5)6)33-12-11-32(24-54)36(21-33)49(51,52)53/h7-14,21-22,28,35,38,42,61H,15-20,23,25-27H2,1-6H3,(H,55,63)(H,57,62)/t35-,38+,42-/m1/s1. The molecule has 0 radical (unpaired) electrons. The summed E-state index contributed by atoms with van der Waals surface area (Å²) in [7, 11) is 0. The molecule has 1 aromatic heterocycles. The van der Waals surface area contributed by atoms with Crippen LogP contribution in [-0.4, -0.2) is 120 Å². The second-order valence-corrected chi connectivity index (χ2v) is 19.6. The number of ether oxygens (including phenoxy) is 4. The third-order valence-electron chi connectivity index (χ3n) is 11.7. The number of hydrogen-bond acceptors (Lipinski definition) is 13. The molecule has 0 spiro atoms. The summed E-state index contributed by atoms with van der Waals surface area (Å²) in [5.74, 6) is -3.04. The first-order valence-corrected chi connectivity index (χ1v) is 23.8. The Kier molecular flexibility index (Phi) is 17.6. The number of β-amino-alcohol motifs (C(OH)–C–C–N with tert-alkyl or cyclic N) is 1. The molecule has 380 valence electrons. The maximum atomic E-state index is 15.3. The molecule has 2 aliphatic heterocycles. The quantitative estimate of drug-likeness (QED) is 0.0508. The Labute approximate surface area is 417 Å². The summed E-state index contributed by atoms with van der Waals surface area (Å²) in [5, 5.41) is 25.2. The number of anilines is 2. The van der Waals surface area contributed by atoms with E-state index in [9.17, 15) is 42.7 Å². The summed E-state index contributed by atoms with van der Waals surface area (Å²) < 4.78 is 78.4. The molecule has 22 heteroatoms. The monoisotopic (exact) mass is 1030 g/mol. The van der Waals surface area contributed by atoms with Crippen molar-refractivity contribution in [3.63, 3.8) is 0 Å². The first kappa shape index (κ1) is 54.2. The van der Waals surface area contributed by atoms with Gasteiger partial charge >= 0.3 is 6.18 Å². The average Bonchev–Trinajstić information content (AvgIpc) is 3.98. The van der Waals surface area contributed by atoms with Crippen molar-refractivity contribution in [2.45, 2.75) is 84.4 Å². The van der Waals surface area contributed by atoms with Crippen molar-refractivity contribution in [1.82, 2.24) is 20.5 Å². The van der Waals surface area contributed by atoms with Crippen LogP contribution >= 0.6 is 23.6 Å². The number of carbonyl (C=O) groups is 4. The van der Waals surface area contributed by atoms with E-state index in [-0.39, 0.29) is 88.0 Å². The van der Waals surface area contributed by atoms with Gasteiger partial charge < -0.3 is 44.5 Å². The fraction of sp³-hybridized carbons (Fsp3) is 0.449. The zero-order valence-corrected chi connectivity index (χ0v) is 41.6. The van der Waals surface area contributed by atoms with Crippen LogP contribution in [0, 0.1) is 29.5 Å². The van der Waals surface area contributed by atoms with E-state index >= 15 is 4.39 Å². The van der Waals surface area contributed by atoms with Crippen LogP contribution in [0.3, 0.4) is 0 Å². The lowest BCUT2D eigenvalue weighted by Gasteiger charge is -2.35. The molecule has 16 nitrogen and oxygen atoms in total. The van der Waals surface area contributed by atoms with Gasteiger partial charge in [-0.25, -0.2) is 9.37 Å². The molecule has 2 fully saturated rings. The molecule has 3 atom stereocenters. The topological polar surface area (TPSA) is 196 Å². The number of amides is 4. The fourth-order valence-electron chi connectivity index (χ4n) is 8.00. The number of hydrogen-bond donors (Lipinski definition) is 3. The fourth-order valence-corrected chi connectivity index (χ4v) is 9.34. The predicted octanol–water partition coefficient (Wildman–Crippen LogP) is 6.30. The van der Waals surface area contributed by atoms with Crippen molar-refractivity contribution in [3.05, 3.63) is 94.4 Å². The van der Waals surface area contributed by atoms with Crippen molar-refractivity contribution in [1.29, 1.82) is 5.26 Å². The minimum Gasteiger partial charge on any atom is -0.488 e. The number of carbonyl (C=O) groups excluding carboxylic acids is 4. The zero-order valence-electron chi connectivity index (χ0n) is 39.9. The molecule has 3 heterocycles. The third kappa shape index (κ3) is 13.1. The Balaban J connectivity index is 0.879. The van der Waals surface area contributed by atoms with Gasteiger partial charge in [0, 0.05) is 31.3 Å². The van der Waals surface area contributed by atoms with Crippen LogP contribution in [0.2, 0.25) is 0 Å². The van der Waals surface area contributed by atoms with E-state index in [0.29, 0.717) is 6.07 Å². The van der Waals surface area contributed by atoms with Crippen molar-refractivity contribution >= 4 is 63.7 Å². The van der Waals surface area contributed by atoms with Gasteiger partial charge in [0.1, 0.15) is 30.8 Å². The summed E-state index contributed by atoms with van der Waals surface area (Å²) >= 11 is 7.07. The molecule has 0 aliphatic carbocycles. The van der Waals surface area contributed by atoms with Gasteiger partial charge in [0.15, 0.2) is 16.7 Å². The van der Waals surface area contributed by atoms with Crippen LogP contribution in [0.4, 0.5) is 28.9 Å². The smallest absolute Gasteiger partial charge is 0.417 e. The first-order valence-electron chi connectivity index (χ1n) is 22.5. The minimum atomic E-state index is -4.86. The van der Waals surface area contributed by atoms with E-state index in [4.69, 9.17) is 31.2 Å². The number of aromatic nitrogens is 1. The highest BCUT2D eigenvalue weighted by atomic mass is 32.1. The molecule has 3 aromatic carbocycles. The molecule has 3 N–H and O–H groups in total. The van der Waals surface area contributed by atoms with E-state index in [0.717, 1.165) is 38.7 Å². The van der Waals surface area contributed by atoms with Gasteiger partial charge in [0.05, 0.1) is 78.1 Å². The number of rotatable bonds is 20. The van der Waals surface area contributed by atoms with E-state index in [1.54, 1.807) is 37.6 Å². The average molecular weight is 1030 g/mol. The molecule has 0 bridgehead atoms. The number of nitriles is 1. The van der Waals surface area contributed by atoms with Gasteiger partial charge in [-0.3, -0.25) is 24.1 Å². The summed E-state index contributed by atoms with van der Waals surface area (Å²) in [6.45, 7) is 10.6.